The first-order valence-corrected chi connectivity index (χ1v) is 8.51. The highest BCUT2D eigenvalue weighted by atomic mass is 19.1. The zero-order valence-electron chi connectivity index (χ0n) is 15.3. The second-order valence-corrected chi connectivity index (χ2v) is 6.84. The van der Waals surface area contributed by atoms with Gasteiger partial charge in [0.05, 0.1) is 5.41 Å². The Labute approximate surface area is 162 Å². The average Bonchev–Trinajstić information content (AvgIpc) is 3.32. The lowest BCUT2D eigenvalue weighted by molar-refractivity contribution is 0.538. The maximum absolute atomic E-state index is 14.0. The van der Waals surface area contributed by atoms with Crippen LogP contribution in [-0.2, 0) is 5.41 Å². The number of hydrogen-bond donors (Lipinski definition) is 0. The predicted molar refractivity (Wildman–Crippen MR) is 94.7 cm³/mol. The van der Waals surface area contributed by atoms with Crippen molar-refractivity contribution in [3.05, 3.63) is 84.0 Å². The van der Waals surface area contributed by atoms with Gasteiger partial charge in [-0.25, -0.2) is 36.9 Å². The van der Waals surface area contributed by atoms with Crippen molar-refractivity contribution in [1.82, 2.24) is 29.5 Å². The fraction of sp³-hybridized carbons (Fsp3) is 0.158. The molecule has 4 rings (SSSR count). The summed E-state index contributed by atoms with van der Waals surface area (Å²) in [6.07, 6.45) is 2.59. The summed E-state index contributed by atoms with van der Waals surface area (Å²) in [5, 5.41) is 8.52. The van der Waals surface area contributed by atoms with Gasteiger partial charge >= 0.3 is 0 Å². The molecule has 2 aromatic carbocycles. The topological polar surface area (TPSA) is 61.4 Å². The van der Waals surface area contributed by atoms with Crippen LogP contribution in [0.5, 0.6) is 0 Å². The molecule has 29 heavy (non-hydrogen) atoms. The van der Waals surface area contributed by atoms with Gasteiger partial charge in [0.25, 0.3) is 0 Å². The number of benzene rings is 2. The van der Waals surface area contributed by atoms with E-state index in [1.54, 1.807) is 13.8 Å². The Morgan fingerprint density at radius 3 is 1.48 bits per heavy atom. The third-order valence-electron chi connectivity index (χ3n) is 4.41. The van der Waals surface area contributed by atoms with Crippen LogP contribution in [0.4, 0.5) is 17.6 Å². The Bertz CT molecular complexity index is 1110. The van der Waals surface area contributed by atoms with Gasteiger partial charge in [-0.2, -0.15) is 10.2 Å². The Morgan fingerprint density at radius 2 is 1.10 bits per heavy atom. The molecule has 0 radical (unpaired) electrons. The van der Waals surface area contributed by atoms with Crippen LogP contribution < -0.4 is 0 Å². The minimum absolute atomic E-state index is 0.0350. The third kappa shape index (κ3) is 3.37. The molecule has 10 heteroatoms. The average molecular weight is 402 g/mol. The number of aromatic nitrogens is 6. The molecule has 0 aliphatic heterocycles. The minimum atomic E-state index is -0.913. The SMILES string of the molecule is CC(C)(c1ncn(-c2ccc(F)cc2F)n1)c1ncn(-c2ccc(F)cc2F)n1. The van der Waals surface area contributed by atoms with Gasteiger partial charge in [0, 0.05) is 12.1 Å². The highest BCUT2D eigenvalue weighted by molar-refractivity contribution is 5.34. The monoisotopic (exact) mass is 402 g/mol. The van der Waals surface area contributed by atoms with Crippen molar-refractivity contribution in [3.63, 3.8) is 0 Å². The van der Waals surface area contributed by atoms with E-state index in [-0.39, 0.29) is 23.0 Å². The number of rotatable bonds is 4. The molecule has 0 aliphatic rings. The molecule has 4 aromatic rings. The van der Waals surface area contributed by atoms with E-state index in [1.165, 1.54) is 34.2 Å². The number of hydrogen-bond acceptors (Lipinski definition) is 4. The van der Waals surface area contributed by atoms with Crippen molar-refractivity contribution >= 4 is 0 Å². The maximum atomic E-state index is 14.0. The second kappa shape index (κ2) is 6.80. The molecular weight excluding hydrogens is 388 g/mol. The summed E-state index contributed by atoms with van der Waals surface area (Å²) < 4.78 is 56.6. The molecular formula is C19H14F4N6. The number of halogens is 4. The van der Waals surface area contributed by atoms with Gasteiger partial charge in [-0.15, -0.1) is 0 Å². The summed E-state index contributed by atoms with van der Waals surface area (Å²) >= 11 is 0. The van der Waals surface area contributed by atoms with Crippen LogP contribution in [-0.4, -0.2) is 29.5 Å². The second-order valence-electron chi connectivity index (χ2n) is 6.84. The highest BCUT2D eigenvalue weighted by Gasteiger charge is 2.32. The van der Waals surface area contributed by atoms with Gasteiger partial charge in [-0.1, -0.05) is 0 Å². The Balaban J connectivity index is 1.67. The quantitative estimate of drug-likeness (QED) is 0.488. The summed E-state index contributed by atoms with van der Waals surface area (Å²) in [6, 6.07) is 6.24. The van der Waals surface area contributed by atoms with E-state index < -0.39 is 28.7 Å². The van der Waals surface area contributed by atoms with Crippen molar-refractivity contribution in [3.8, 4) is 11.4 Å². The minimum Gasteiger partial charge on any atom is -0.219 e. The van der Waals surface area contributed by atoms with E-state index in [0.29, 0.717) is 0 Å². The molecule has 0 saturated carbocycles. The van der Waals surface area contributed by atoms with Crippen LogP contribution >= 0.6 is 0 Å². The predicted octanol–water partition coefficient (Wildman–Crippen LogP) is 3.73. The summed E-state index contributed by atoms with van der Waals surface area (Å²) in [5.41, 5.74) is -0.843. The van der Waals surface area contributed by atoms with E-state index in [0.717, 1.165) is 24.3 Å². The molecule has 0 N–H and O–H groups in total. The Kier molecular flexibility index (Phi) is 4.40. The molecule has 0 spiro atoms. The van der Waals surface area contributed by atoms with Crippen molar-refractivity contribution < 1.29 is 17.6 Å². The summed E-state index contributed by atoms with van der Waals surface area (Å²) in [4.78, 5) is 8.39. The smallest absolute Gasteiger partial charge is 0.164 e. The normalized spacial score (nSPS) is 11.8. The van der Waals surface area contributed by atoms with Crippen molar-refractivity contribution in [2.24, 2.45) is 0 Å². The van der Waals surface area contributed by atoms with E-state index >= 15 is 0 Å². The molecule has 2 heterocycles. The summed E-state index contributed by atoms with van der Waals surface area (Å²) in [6.45, 7) is 3.49. The molecule has 0 aliphatic carbocycles. The lowest BCUT2D eigenvalue weighted by Gasteiger charge is -2.16. The fourth-order valence-corrected chi connectivity index (χ4v) is 2.77. The van der Waals surface area contributed by atoms with E-state index in [2.05, 4.69) is 20.2 Å². The van der Waals surface area contributed by atoms with Crippen LogP contribution in [0.1, 0.15) is 25.5 Å². The molecule has 2 aromatic heterocycles. The number of nitrogens with zero attached hydrogens (tertiary/aromatic N) is 6. The highest BCUT2D eigenvalue weighted by Crippen LogP contribution is 2.27. The fourth-order valence-electron chi connectivity index (χ4n) is 2.77. The molecule has 6 nitrogen and oxygen atoms in total. The van der Waals surface area contributed by atoms with Crippen LogP contribution in [0, 0.1) is 23.3 Å². The van der Waals surface area contributed by atoms with Crippen molar-refractivity contribution in [1.29, 1.82) is 0 Å². The zero-order chi connectivity index (χ0) is 20.8. The molecule has 148 valence electrons. The molecule has 0 amide bonds. The van der Waals surface area contributed by atoms with Crippen LogP contribution in [0.15, 0.2) is 49.1 Å². The Morgan fingerprint density at radius 1 is 0.690 bits per heavy atom. The van der Waals surface area contributed by atoms with E-state index in [1.807, 2.05) is 0 Å². The van der Waals surface area contributed by atoms with Gasteiger partial charge < -0.3 is 0 Å². The van der Waals surface area contributed by atoms with Gasteiger partial charge in [0.15, 0.2) is 23.3 Å². The van der Waals surface area contributed by atoms with E-state index in [4.69, 9.17) is 0 Å². The first kappa shape index (κ1) is 18.8. The van der Waals surface area contributed by atoms with Crippen LogP contribution in [0.2, 0.25) is 0 Å². The molecule has 0 fully saturated rings. The molecule has 0 atom stereocenters. The molecule has 0 unspecified atom stereocenters. The first-order chi connectivity index (χ1) is 13.8. The zero-order valence-corrected chi connectivity index (χ0v) is 15.3. The standard InChI is InChI=1S/C19H14F4N6/c1-19(2,17-24-9-28(26-17)15-5-3-11(20)7-13(15)22)18-25-10-29(27-18)16-6-4-12(21)8-14(16)23/h3-10H,1-2H3. The van der Waals surface area contributed by atoms with Gasteiger partial charge in [0.1, 0.15) is 35.7 Å². The van der Waals surface area contributed by atoms with Gasteiger partial charge in [-0.05, 0) is 38.1 Å². The largest absolute Gasteiger partial charge is 0.219 e. The molecule has 0 saturated heterocycles. The third-order valence-corrected chi connectivity index (χ3v) is 4.41. The van der Waals surface area contributed by atoms with Gasteiger partial charge in [-0.3, -0.25) is 0 Å². The maximum Gasteiger partial charge on any atom is 0.164 e. The lowest BCUT2D eigenvalue weighted by Crippen LogP contribution is -2.23. The Hall–Kier alpha value is -3.56. The molecule has 0 bridgehead atoms. The van der Waals surface area contributed by atoms with Crippen LogP contribution in [0.25, 0.3) is 11.4 Å². The van der Waals surface area contributed by atoms with Gasteiger partial charge in [0.2, 0.25) is 0 Å². The first-order valence-electron chi connectivity index (χ1n) is 8.51. The van der Waals surface area contributed by atoms with Crippen LogP contribution in [0.3, 0.4) is 0 Å². The lowest BCUT2D eigenvalue weighted by atomic mass is 9.92. The summed E-state index contributed by atoms with van der Waals surface area (Å²) in [5.74, 6) is -2.41. The van der Waals surface area contributed by atoms with Crippen molar-refractivity contribution in [2.45, 2.75) is 19.3 Å². The summed E-state index contributed by atoms with van der Waals surface area (Å²) in [7, 11) is 0. The van der Waals surface area contributed by atoms with E-state index in [9.17, 15) is 17.6 Å². The van der Waals surface area contributed by atoms with Crippen molar-refractivity contribution in [2.75, 3.05) is 0 Å².